The number of rotatable bonds is 4. The Labute approximate surface area is 72.7 Å². The molecule has 2 unspecified atom stereocenters. The second-order valence-electron chi connectivity index (χ2n) is 2.89. The minimum atomic E-state index is 0.812. The van der Waals surface area contributed by atoms with Crippen molar-refractivity contribution >= 4 is 0 Å². The molecule has 0 aliphatic rings. The van der Waals surface area contributed by atoms with Gasteiger partial charge in [-0.2, -0.15) is 0 Å². The van der Waals surface area contributed by atoms with Crippen molar-refractivity contribution in [2.75, 3.05) is 0 Å². The Hall–Kier alpha value is -0.260. The highest BCUT2D eigenvalue weighted by atomic mass is 14.1. The molecule has 0 amide bonds. The topological polar surface area (TPSA) is 0 Å². The van der Waals surface area contributed by atoms with E-state index < -0.39 is 0 Å². The molecule has 0 nitrogen and oxygen atoms in total. The van der Waals surface area contributed by atoms with Crippen LogP contribution in [0.2, 0.25) is 0 Å². The molecule has 68 valence electrons. The van der Waals surface area contributed by atoms with Crippen LogP contribution < -0.4 is 0 Å². The van der Waals surface area contributed by atoms with E-state index in [9.17, 15) is 0 Å². The maximum absolute atomic E-state index is 3.72. The molecule has 0 bridgehead atoms. The van der Waals surface area contributed by atoms with Crippen LogP contribution in [0.5, 0.6) is 0 Å². The van der Waals surface area contributed by atoms with Gasteiger partial charge in [-0.3, -0.25) is 0 Å². The van der Waals surface area contributed by atoms with Gasteiger partial charge in [0.1, 0.15) is 0 Å². The van der Waals surface area contributed by atoms with Crippen molar-refractivity contribution in [1.29, 1.82) is 0 Å². The maximum atomic E-state index is 3.72. The molecule has 0 aromatic rings. The summed E-state index contributed by atoms with van der Waals surface area (Å²) in [7, 11) is 0. The van der Waals surface area contributed by atoms with Crippen LogP contribution in [0.15, 0.2) is 12.7 Å². The van der Waals surface area contributed by atoms with Gasteiger partial charge in [-0.05, 0) is 18.3 Å². The predicted molar refractivity (Wildman–Crippen MR) is 54.8 cm³/mol. The van der Waals surface area contributed by atoms with E-state index in [1.165, 1.54) is 6.42 Å². The van der Waals surface area contributed by atoms with Crippen LogP contribution in [0.4, 0.5) is 0 Å². The summed E-state index contributed by atoms with van der Waals surface area (Å²) in [5.41, 5.74) is 0. The summed E-state index contributed by atoms with van der Waals surface area (Å²) in [6, 6.07) is 0. The van der Waals surface area contributed by atoms with Crippen LogP contribution in [0.1, 0.15) is 47.5 Å². The summed E-state index contributed by atoms with van der Waals surface area (Å²) >= 11 is 0. The maximum Gasteiger partial charge on any atom is -0.0325 e. The lowest BCUT2D eigenvalue weighted by Gasteiger charge is -2.15. The van der Waals surface area contributed by atoms with E-state index in [2.05, 4.69) is 27.4 Å². The molecule has 0 aliphatic heterocycles. The lowest BCUT2D eigenvalue weighted by molar-refractivity contribution is 0.381. The molecule has 0 aromatic carbocycles. The molecule has 0 rings (SSSR count). The summed E-state index contributed by atoms with van der Waals surface area (Å²) in [6.07, 6.45) is 4.46. The predicted octanol–water partition coefficient (Wildman–Crippen LogP) is 4.27. The molecule has 0 heteroatoms. The van der Waals surface area contributed by atoms with Gasteiger partial charge in [-0.1, -0.05) is 47.1 Å². The van der Waals surface area contributed by atoms with E-state index in [0.717, 1.165) is 18.3 Å². The van der Waals surface area contributed by atoms with Crippen molar-refractivity contribution in [2.24, 2.45) is 11.8 Å². The Balaban J connectivity index is 0. The summed E-state index contributed by atoms with van der Waals surface area (Å²) < 4.78 is 0. The molecule has 11 heavy (non-hydrogen) atoms. The molecule has 0 spiro atoms. The Morgan fingerprint density at radius 1 is 1.18 bits per heavy atom. The zero-order chi connectivity index (χ0) is 9.28. The zero-order valence-electron chi connectivity index (χ0n) is 8.85. The molecule has 0 aliphatic carbocycles. The quantitative estimate of drug-likeness (QED) is 0.533. The Kier molecular flexibility index (Phi) is 11.8. The van der Waals surface area contributed by atoms with Crippen molar-refractivity contribution in [1.82, 2.24) is 0 Å². The summed E-state index contributed by atoms with van der Waals surface area (Å²) in [5, 5.41) is 0. The van der Waals surface area contributed by atoms with Crippen LogP contribution in [0.25, 0.3) is 0 Å². The number of hydrogen-bond acceptors (Lipinski definition) is 0. The van der Waals surface area contributed by atoms with Gasteiger partial charge >= 0.3 is 0 Å². The normalized spacial score (nSPS) is 14.3. The average molecular weight is 156 g/mol. The molecule has 0 saturated carbocycles. The summed E-state index contributed by atoms with van der Waals surface area (Å²) in [5.74, 6) is 1.66. The van der Waals surface area contributed by atoms with E-state index in [4.69, 9.17) is 0 Å². The smallest absolute Gasteiger partial charge is 0.0325 e. The van der Waals surface area contributed by atoms with Crippen molar-refractivity contribution in [3.8, 4) is 0 Å². The molecule has 0 N–H and O–H groups in total. The molecule has 0 fully saturated rings. The van der Waals surface area contributed by atoms with E-state index >= 15 is 0 Å². The fourth-order valence-corrected chi connectivity index (χ4v) is 0.898. The largest absolute Gasteiger partial charge is 0.103 e. The number of allylic oxidation sites excluding steroid dienone is 1. The minimum Gasteiger partial charge on any atom is -0.103 e. The van der Waals surface area contributed by atoms with Gasteiger partial charge in [0.05, 0.1) is 0 Å². The Bertz CT molecular complexity index is 74.1. The van der Waals surface area contributed by atoms with Gasteiger partial charge < -0.3 is 0 Å². The number of hydrogen-bond donors (Lipinski definition) is 0. The zero-order valence-corrected chi connectivity index (χ0v) is 8.85. The standard InChI is InChI=1S/C9H18.C2H6/c1-5-7-9(4)8(3)6-2;1-2/h5,8-9H,1,6-7H2,2-4H3;1-2H3. The minimum absolute atomic E-state index is 0.812. The third kappa shape index (κ3) is 7.64. The first-order valence-corrected chi connectivity index (χ1v) is 4.83. The first-order chi connectivity index (χ1) is 5.22. The van der Waals surface area contributed by atoms with Crippen molar-refractivity contribution in [2.45, 2.75) is 47.5 Å². The first kappa shape index (κ1) is 13.3. The third-order valence-electron chi connectivity index (χ3n) is 2.15. The van der Waals surface area contributed by atoms with Crippen LogP contribution in [0, 0.1) is 11.8 Å². The molecule has 0 heterocycles. The Morgan fingerprint density at radius 2 is 1.64 bits per heavy atom. The van der Waals surface area contributed by atoms with E-state index in [1.807, 2.05) is 19.9 Å². The van der Waals surface area contributed by atoms with Gasteiger partial charge in [0.25, 0.3) is 0 Å². The fraction of sp³-hybridized carbons (Fsp3) is 0.818. The summed E-state index contributed by atoms with van der Waals surface area (Å²) in [4.78, 5) is 0. The highest BCUT2D eigenvalue weighted by Crippen LogP contribution is 2.17. The van der Waals surface area contributed by atoms with Crippen molar-refractivity contribution < 1.29 is 0 Å². The monoisotopic (exact) mass is 156 g/mol. The van der Waals surface area contributed by atoms with E-state index in [-0.39, 0.29) is 0 Å². The highest BCUT2D eigenvalue weighted by molar-refractivity contribution is 4.72. The fourth-order valence-electron chi connectivity index (χ4n) is 0.898. The van der Waals surface area contributed by atoms with Crippen LogP contribution in [-0.4, -0.2) is 0 Å². The van der Waals surface area contributed by atoms with Crippen molar-refractivity contribution in [3.05, 3.63) is 12.7 Å². The van der Waals surface area contributed by atoms with Gasteiger partial charge in [-0.15, -0.1) is 6.58 Å². The second kappa shape index (κ2) is 9.74. The second-order valence-corrected chi connectivity index (χ2v) is 2.89. The molecule has 2 atom stereocenters. The third-order valence-corrected chi connectivity index (χ3v) is 2.15. The van der Waals surface area contributed by atoms with Crippen LogP contribution >= 0.6 is 0 Å². The highest BCUT2D eigenvalue weighted by Gasteiger charge is 2.06. The summed E-state index contributed by atoms with van der Waals surface area (Å²) in [6.45, 7) is 14.5. The van der Waals surface area contributed by atoms with Gasteiger partial charge in [0.15, 0.2) is 0 Å². The van der Waals surface area contributed by atoms with Crippen LogP contribution in [-0.2, 0) is 0 Å². The Morgan fingerprint density at radius 3 is 1.91 bits per heavy atom. The van der Waals surface area contributed by atoms with Crippen molar-refractivity contribution in [3.63, 3.8) is 0 Å². The van der Waals surface area contributed by atoms with E-state index in [0.29, 0.717) is 0 Å². The molecule has 0 radical (unpaired) electrons. The van der Waals surface area contributed by atoms with Gasteiger partial charge in [-0.25, -0.2) is 0 Å². The molecule has 0 aromatic heterocycles. The lowest BCUT2D eigenvalue weighted by Crippen LogP contribution is -2.04. The lowest BCUT2D eigenvalue weighted by atomic mass is 9.91. The van der Waals surface area contributed by atoms with E-state index in [1.54, 1.807) is 0 Å². The average Bonchev–Trinajstić information content (AvgIpc) is 2.07. The molecular formula is C11H24. The van der Waals surface area contributed by atoms with Crippen LogP contribution in [0.3, 0.4) is 0 Å². The first-order valence-electron chi connectivity index (χ1n) is 4.83. The molecular weight excluding hydrogens is 132 g/mol. The van der Waals surface area contributed by atoms with Gasteiger partial charge in [0, 0.05) is 0 Å². The van der Waals surface area contributed by atoms with Gasteiger partial charge in [0.2, 0.25) is 0 Å². The molecule has 0 saturated heterocycles. The SMILES string of the molecule is C=CCC(C)C(C)CC.CC.